The van der Waals surface area contributed by atoms with Gasteiger partial charge in [-0.25, -0.2) is 4.99 Å². The highest BCUT2D eigenvalue weighted by atomic mass is 79.9. The van der Waals surface area contributed by atoms with E-state index >= 15 is 0 Å². The molecule has 0 aromatic rings. The number of rotatable bonds is 0. The van der Waals surface area contributed by atoms with Crippen molar-refractivity contribution in [2.24, 2.45) is 10.7 Å². The second-order valence-corrected chi connectivity index (χ2v) is 3.20. The van der Waals surface area contributed by atoms with Crippen molar-refractivity contribution >= 4 is 33.5 Å². The first-order chi connectivity index (χ1) is 4.61. The van der Waals surface area contributed by atoms with Crippen LogP contribution in [0.1, 0.15) is 6.92 Å². The van der Waals surface area contributed by atoms with E-state index in [1.165, 1.54) is 0 Å². The van der Waals surface area contributed by atoms with Gasteiger partial charge in [0.15, 0.2) is 0 Å². The lowest BCUT2D eigenvalue weighted by Crippen LogP contribution is -2.40. The molecule has 1 aliphatic heterocycles. The molecule has 5 heteroatoms. The van der Waals surface area contributed by atoms with E-state index in [4.69, 9.17) is 17.3 Å². The summed E-state index contributed by atoms with van der Waals surface area (Å²) >= 11 is 8.82. The van der Waals surface area contributed by atoms with Crippen molar-refractivity contribution in [3.8, 4) is 0 Å². The molecule has 0 amide bonds. The van der Waals surface area contributed by atoms with E-state index in [0.29, 0.717) is 5.16 Å². The third-order valence-electron chi connectivity index (χ3n) is 1.21. The smallest absolute Gasteiger partial charge is 0.145 e. The standard InChI is InChI=1S/C5H7BrClN3/c1-3-5(8)10(6)2-4(7)9-3/h2,5H,8H2,1H3. The van der Waals surface area contributed by atoms with Crippen molar-refractivity contribution in [2.45, 2.75) is 13.1 Å². The van der Waals surface area contributed by atoms with Crippen molar-refractivity contribution in [2.75, 3.05) is 0 Å². The van der Waals surface area contributed by atoms with Crippen LogP contribution in [0.15, 0.2) is 16.3 Å². The summed E-state index contributed by atoms with van der Waals surface area (Å²) in [5, 5.41) is 0.441. The normalized spacial score (nSPS) is 26.0. The highest BCUT2D eigenvalue weighted by Crippen LogP contribution is 2.17. The SMILES string of the molecule is CC1=NC(Cl)=CN(Br)C1N. The summed E-state index contributed by atoms with van der Waals surface area (Å²) in [5.74, 6) is 0. The number of hydrogen-bond acceptors (Lipinski definition) is 3. The topological polar surface area (TPSA) is 41.6 Å². The van der Waals surface area contributed by atoms with Crippen LogP contribution in [0.5, 0.6) is 0 Å². The summed E-state index contributed by atoms with van der Waals surface area (Å²) in [7, 11) is 0. The lowest BCUT2D eigenvalue weighted by Gasteiger charge is -2.23. The predicted octanol–water partition coefficient (Wildman–Crippen LogP) is 1.40. The fourth-order valence-electron chi connectivity index (χ4n) is 0.624. The van der Waals surface area contributed by atoms with Crippen LogP contribution in [0.25, 0.3) is 0 Å². The molecule has 1 heterocycles. The maximum Gasteiger partial charge on any atom is 0.145 e. The third-order valence-corrected chi connectivity index (χ3v) is 2.03. The summed E-state index contributed by atoms with van der Waals surface area (Å²) in [6, 6.07) is 0. The Morgan fingerprint density at radius 2 is 2.50 bits per heavy atom. The van der Waals surface area contributed by atoms with Crippen LogP contribution in [-0.2, 0) is 0 Å². The molecule has 0 radical (unpaired) electrons. The number of nitrogens with two attached hydrogens (primary N) is 1. The third kappa shape index (κ3) is 1.51. The summed E-state index contributed by atoms with van der Waals surface area (Å²) in [6.45, 7) is 1.83. The minimum absolute atomic E-state index is 0.206. The second kappa shape index (κ2) is 2.90. The zero-order valence-corrected chi connectivity index (χ0v) is 7.72. The summed E-state index contributed by atoms with van der Waals surface area (Å²) in [6.07, 6.45) is 1.42. The van der Waals surface area contributed by atoms with E-state index in [9.17, 15) is 0 Å². The Morgan fingerprint density at radius 1 is 1.90 bits per heavy atom. The van der Waals surface area contributed by atoms with Crippen LogP contribution in [0.4, 0.5) is 0 Å². The number of aliphatic imine (C=N–C) groups is 1. The Bertz CT molecular complexity index is 201. The molecule has 0 fully saturated rings. The maximum absolute atomic E-state index is 5.63. The molecule has 0 spiro atoms. The largest absolute Gasteiger partial charge is 0.306 e. The van der Waals surface area contributed by atoms with Gasteiger partial charge in [-0.3, -0.25) is 3.93 Å². The molecule has 0 saturated carbocycles. The molecule has 0 aromatic heterocycles. The van der Waals surface area contributed by atoms with Gasteiger partial charge in [0.1, 0.15) is 11.3 Å². The average Bonchev–Trinajstić information content (AvgIpc) is 1.82. The summed E-state index contributed by atoms with van der Waals surface area (Å²) in [5.41, 5.74) is 6.42. The minimum atomic E-state index is -0.206. The molecule has 1 rings (SSSR count). The molecule has 0 aromatic carbocycles. The Kier molecular flexibility index (Phi) is 2.33. The molecule has 0 saturated heterocycles. The van der Waals surface area contributed by atoms with Gasteiger partial charge in [0.2, 0.25) is 0 Å². The van der Waals surface area contributed by atoms with Crippen LogP contribution in [-0.4, -0.2) is 15.8 Å². The molecule has 0 aliphatic carbocycles. The van der Waals surface area contributed by atoms with Crippen LogP contribution < -0.4 is 5.73 Å². The van der Waals surface area contributed by atoms with E-state index in [0.717, 1.165) is 5.71 Å². The van der Waals surface area contributed by atoms with Crippen LogP contribution >= 0.6 is 27.7 Å². The molecule has 1 atom stereocenters. The Morgan fingerprint density at radius 3 is 3.00 bits per heavy atom. The van der Waals surface area contributed by atoms with Gasteiger partial charge in [-0.2, -0.15) is 0 Å². The number of halogens is 2. The van der Waals surface area contributed by atoms with Crippen LogP contribution in [0.2, 0.25) is 0 Å². The fourth-order valence-corrected chi connectivity index (χ4v) is 1.47. The molecule has 2 N–H and O–H groups in total. The first-order valence-corrected chi connectivity index (χ1v) is 3.82. The maximum atomic E-state index is 5.63. The lowest BCUT2D eigenvalue weighted by molar-refractivity contribution is 0.564. The second-order valence-electron chi connectivity index (χ2n) is 1.99. The van der Waals surface area contributed by atoms with Crippen molar-refractivity contribution in [1.29, 1.82) is 0 Å². The fraction of sp³-hybridized carbons (Fsp3) is 0.400. The summed E-state index contributed by atoms with van der Waals surface area (Å²) in [4.78, 5) is 3.96. The quantitative estimate of drug-likeness (QED) is 0.499. The van der Waals surface area contributed by atoms with Crippen molar-refractivity contribution in [3.63, 3.8) is 0 Å². The molecular formula is C5H7BrClN3. The van der Waals surface area contributed by atoms with Crippen LogP contribution in [0.3, 0.4) is 0 Å². The van der Waals surface area contributed by atoms with Gasteiger partial charge in [-0.15, -0.1) is 0 Å². The van der Waals surface area contributed by atoms with Gasteiger partial charge in [0, 0.05) is 0 Å². The first-order valence-electron chi connectivity index (χ1n) is 2.73. The molecule has 1 unspecified atom stereocenters. The monoisotopic (exact) mass is 223 g/mol. The lowest BCUT2D eigenvalue weighted by atomic mass is 10.3. The highest BCUT2D eigenvalue weighted by molar-refractivity contribution is 9.07. The van der Waals surface area contributed by atoms with E-state index < -0.39 is 0 Å². The molecule has 56 valence electrons. The minimum Gasteiger partial charge on any atom is -0.306 e. The van der Waals surface area contributed by atoms with Gasteiger partial charge < -0.3 is 5.73 Å². The Balaban J connectivity index is 2.85. The van der Waals surface area contributed by atoms with Gasteiger partial charge >= 0.3 is 0 Å². The summed E-state index contributed by atoms with van der Waals surface area (Å²) < 4.78 is 1.64. The van der Waals surface area contributed by atoms with Crippen molar-refractivity contribution in [1.82, 2.24) is 3.93 Å². The van der Waals surface area contributed by atoms with E-state index in [1.54, 1.807) is 10.1 Å². The van der Waals surface area contributed by atoms with E-state index in [1.807, 2.05) is 6.92 Å². The Hall–Kier alpha value is -0.0600. The average molecular weight is 224 g/mol. The zero-order valence-electron chi connectivity index (χ0n) is 5.38. The first kappa shape index (κ1) is 8.04. The van der Waals surface area contributed by atoms with Crippen molar-refractivity contribution < 1.29 is 0 Å². The molecule has 1 aliphatic rings. The molecule has 3 nitrogen and oxygen atoms in total. The van der Waals surface area contributed by atoms with Crippen LogP contribution in [0, 0.1) is 0 Å². The molecular weight excluding hydrogens is 217 g/mol. The van der Waals surface area contributed by atoms with E-state index in [2.05, 4.69) is 21.1 Å². The van der Waals surface area contributed by atoms with Gasteiger partial charge in [0.05, 0.1) is 28.1 Å². The molecule has 10 heavy (non-hydrogen) atoms. The zero-order chi connectivity index (χ0) is 7.72. The van der Waals surface area contributed by atoms with Crippen molar-refractivity contribution in [3.05, 3.63) is 11.4 Å². The molecule has 0 bridgehead atoms. The predicted molar refractivity (Wildman–Crippen MR) is 45.8 cm³/mol. The van der Waals surface area contributed by atoms with E-state index in [-0.39, 0.29) is 6.17 Å². The Labute approximate surface area is 72.9 Å². The van der Waals surface area contributed by atoms with Gasteiger partial charge in [0.25, 0.3) is 0 Å². The number of nitrogens with zero attached hydrogens (tertiary/aromatic N) is 2. The highest BCUT2D eigenvalue weighted by Gasteiger charge is 2.16. The van der Waals surface area contributed by atoms with Gasteiger partial charge in [-0.05, 0) is 6.92 Å². The van der Waals surface area contributed by atoms with Gasteiger partial charge in [-0.1, -0.05) is 11.6 Å². The number of hydrogen-bond donors (Lipinski definition) is 1.